The van der Waals surface area contributed by atoms with Gasteiger partial charge in [-0.3, -0.25) is 4.90 Å². The zero-order valence-electron chi connectivity index (χ0n) is 16.3. The van der Waals surface area contributed by atoms with Gasteiger partial charge in [-0.2, -0.15) is 18.2 Å². The Labute approximate surface area is 181 Å². The van der Waals surface area contributed by atoms with Gasteiger partial charge in [-0.25, -0.2) is 0 Å². The second-order valence-electron chi connectivity index (χ2n) is 6.91. The quantitative estimate of drug-likeness (QED) is 0.554. The normalized spacial score (nSPS) is 15.1. The zero-order valence-corrected chi connectivity index (χ0v) is 17.0. The molecule has 0 radical (unpaired) electrons. The van der Waals surface area contributed by atoms with Crippen LogP contribution in [0.2, 0.25) is 5.02 Å². The predicted molar refractivity (Wildman–Crippen MR) is 108 cm³/mol. The van der Waals surface area contributed by atoms with Gasteiger partial charge in [0.25, 0.3) is 0 Å². The maximum Gasteiger partial charge on any atom is 0.416 e. The summed E-state index contributed by atoms with van der Waals surface area (Å²) in [5, 5.41) is 8.84. The molecule has 1 aromatic heterocycles. The molecule has 0 bridgehead atoms. The Balaban J connectivity index is 1.68. The van der Waals surface area contributed by atoms with Crippen LogP contribution in [0.25, 0.3) is 11.4 Å². The lowest BCUT2D eigenvalue weighted by Gasteiger charge is -2.26. The summed E-state index contributed by atoms with van der Waals surface area (Å²) in [5.41, 5.74) is -0.111. The first-order valence-corrected chi connectivity index (χ1v) is 9.91. The van der Waals surface area contributed by atoms with Crippen molar-refractivity contribution in [2.45, 2.75) is 12.7 Å². The SMILES string of the molecule is FC(F)(F)c1cccc(-c2nnc(CN3CCOCC3)c(Oc3ccc(Cl)cc3)n2)c1. The number of morpholine rings is 1. The summed E-state index contributed by atoms with van der Waals surface area (Å²) in [7, 11) is 0. The minimum atomic E-state index is -4.47. The molecule has 6 nitrogen and oxygen atoms in total. The van der Waals surface area contributed by atoms with Crippen molar-refractivity contribution >= 4 is 11.6 Å². The molecular formula is C21H18ClF3N4O2. The molecule has 1 aliphatic rings. The summed E-state index contributed by atoms with van der Waals surface area (Å²) in [6, 6.07) is 11.5. The smallest absolute Gasteiger partial charge is 0.416 e. The zero-order chi connectivity index (χ0) is 21.8. The first-order chi connectivity index (χ1) is 14.9. The van der Waals surface area contributed by atoms with Crippen molar-refractivity contribution in [1.82, 2.24) is 20.1 Å². The fourth-order valence-corrected chi connectivity index (χ4v) is 3.18. The van der Waals surface area contributed by atoms with Crippen molar-refractivity contribution in [2.75, 3.05) is 26.3 Å². The highest BCUT2D eigenvalue weighted by Gasteiger charge is 2.30. The van der Waals surface area contributed by atoms with Gasteiger partial charge in [-0.05, 0) is 36.4 Å². The highest BCUT2D eigenvalue weighted by Crippen LogP contribution is 2.32. The molecule has 162 valence electrons. The number of benzene rings is 2. The van der Waals surface area contributed by atoms with Crippen LogP contribution < -0.4 is 4.74 Å². The number of ether oxygens (including phenoxy) is 2. The van der Waals surface area contributed by atoms with E-state index in [0.717, 1.165) is 25.2 Å². The summed E-state index contributed by atoms with van der Waals surface area (Å²) in [4.78, 5) is 6.51. The molecule has 0 atom stereocenters. The van der Waals surface area contributed by atoms with Gasteiger partial charge in [-0.15, -0.1) is 10.2 Å². The Morgan fingerprint density at radius 1 is 1.03 bits per heavy atom. The van der Waals surface area contributed by atoms with Crippen LogP contribution in [-0.4, -0.2) is 46.4 Å². The van der Waals surface area contributed by atoms with Crippen LogP contribution >= 0.6 is 11.6 Å². The highest BCUT2D eigenvalue weighted by atomic mass is 35.5. The summed E-state index contributed by atoms with van der Waals surface area (Å²) in [6.07, 6.45) is -4.47. The fourth-order valence-electron chi connectivity index (χ4n) is 3.06. The molecule has 1 fully saturated rings. The first-order valence-electron chi connectivity index (χ1n) is 9.53. The second kappa shape index (κ2) is 9.17. The third-order valence-corrected chi connectivity index (χ3v) is 4.93. The van der Waals surface area contributed by atoms with Gasteiger partial charge in [0.2, 0.25) is 5.88 Å². The Bertz CT molecular complexity index is 1040. The van der Waals surface area contributed by atoms with E-state index in [4.69, 9.17) is 21.1 Å². The molecular weight excluding hydrogens is 433 g/mol. The maximum atomic E-state index is 13.1. The van der Waals surface area contributed by atoms with Crippen molar-refractivity contribution in [3.63, 3.8) is 0 Å². The molecule has 0 amide bonds. The van der Waals surface area contributed by atoms with Crippen molar-refractivity contribution < 1.29 is 22.6 Å². The van der Waals surface area contributed by atoms with Crippen LogP contribution in [0.1, 0.15) is 11.3 Å². The van der Waals surface area contributed by atoms with Crippen molar-refractivity contribution in [1.29, 1.82) is 0 Å². The van der Waals surface area contributed by atoms with Crippen LogP contribution in [0.5, 0.6) is 11.6 Å². The minimum Gasteiger partial charge on any atom is -0.437 e. The van der Waals surface area contributed by atoms with Gasteiger partial charge < -0.3 is 9.47 Å². The lowest BCUT2D eigenvalue weighted by atomic mass is 10.1. The van der Waals surface area contributed by atoms with Gasteiger partial charge in [0, 0.05) is 30.2 Å². The van der Waals surface area contributed by atoms with E-state index < -0.39 is 11.7 Å². The molecule has 3 aromatic rings. The van der Waals surface area contributed by atoms with E-state index in [1.54, 1.807) is 24.3 Å². The molecule has 0 saturated carbocycles. The van der Waals surface area contributed by atoms with E-state index in [9.17, 15) is 13.2 Å². The number of alkyl halides is 3. The van der Waals surface area contributed by atoms with Crippen molar-refractivity contribution in [3.05, 3.63) is 64.8 Å². The Hall–Kier alpha value is -2.75. The molecule has 4 rings (SSSR count). The number of aromatic nitrogens is 3. The molecule has 2 heterocycles. The molecule has 1 aliphatic heterocycles. The number of hydrogen-bond acceptors (Lipinski definition) is 6. The lowest BCUT2D eigenvalue weighted by molar-refractivity contribution is -0.137. The summed E-state index contributed by atoms with van der Waals surface area (Å²) < 4.78 is 50.6. The molecule has 0 spiro atoms. The third kappa shape index (κ3) is 5.49. The molecule has 0 N–H and O–H groups in total. The van der Waals surface area contributed by atoms with E-state index in [-0.39, 0.29) is 17.3 Å². The Kier molecular flexibility index (Phi) is 6.35. The molecule has 1 saturated heterocycles. The molecule has 10 heteroatoms. The van der Waals surface area contributed by atoms with E-state index in [2.05, 4.69) is 20.1 Å². The lowest BCUT2D eigenvalue weighted by Crippen LogP contribution is -2.36. The van der Waals surface area contributed by atoms with Crippen LogP contribution in [0, 0.1) is 0 Å². The van der Waals surface area contributed by atoms with Gasteiger partial charge in [0.15, 0.2) is 5.82 Å². The number of halogens is 4. The molecule has 0 unspecified atom stereocenters. The van der Waals surface area contributed by atoms with Gasteiger partial charge in [-0.1, -0.05) is 23.7 Å². The third-order valence-electron chi connectivity index (χ3n) is 4.67. The van der Waals surface area contributed by atoms with Crippen LogP contribution in [0.3, 0.4) is 0 Å². The van der Waals surface area contributed by atoms with Crippen molar-refractivity contribution in [3.8, 4) is 23.0 Å². The first kappa shape index (κ1) is 21.5. The highest BCUT2D eigenvalue weighted by molar-refractivity contribution is 6.30. The minimum absolute atomic E-state index is 0.0424. The fraction of sp³-hybridized carbons (Fsp3) is 0.286. The van der Waals surface area contributed by atoms with Crippen LogP contribution in [-0.2, 0) is 17.5 Å². The summed E-state index contributed by atoms with van der Waals surface area (Å²) in [6.45, 7) is 3.08. The van der Waals surface area contributed by atoms with Gasteiger partial charge in [0.1, 0.15) is 11.4 Å². The largest absolute Gasteiger partial charge is 0.437 e. The number of hydrogen-bond donors (Lipinski definition) is 0. The predicted octanol–water partition coefficient (Wildman–Crippen LogP) is 4.84. The second-order valence-corrected chi connectivity index (χ2v) is 7.35. The standard InChI is InChI=1S/C21H18ClF3N4O2/c22-16-4-6-17(7-5-16)31-20-18(13-29-8-10-30-11-9-29)27-28-19(26-20)14-2-1-3-15(12-14)21(23,24)25/h1-7,12H,8-11,13H2. The van der Waals surface area contributed by atoms with E-state index in [1.165, 1.54) is 12.1 Å². The topological polar surface area (TPSA) is 60.4 Å². The molecule has 31 heavy (non-hydrogen) atoms. The Morgan fingerprint density at radius 2 is 1.77 bits per heavy atom. The average Bonchev–Trinajstić information content (AvgIpc) is 2.77. The Morgan fingerprint density at radius 3 is 2.48 bits per heavy atom. The van der Waals surface area contributed by atoms with E-state index in [1.807, 2.05) is 0 Å². The van der Waals surface area contributed by atoms with Crippen LogP contribution in [0.15, 0.2) is 48.5 Å². The van der Waals surface area contributed by atoms with Crippen LogP contribution in [0.4, 0.5) is 13.2 Å². The van der Waals surface area contributed by atoms with E-state index in [0.29, 0.717) is 36.2 Å². The number of rotatable bonds is 5. The monoisotopic (exact) mass is 450 g/mol. The average molecular weight is 451 g/mol. The van der Waals surface area contributed by atoms with Gasteiger partial charge >= 0.3 is 6.18 Å². The van der Waals surface area contributed by atoms with E-state index >= 15 is 0 Å². The summed E-state index contributed by atoms with van der Waals surface area (Å²) >= 11 is 5.93. The molecule has 2 aromatic carbocycles. The summed E-state index contributed by atoms with van der Waals surface area (Å²) in [5.74, 6) is 0.695. The van der Waals surface area contributed by atoms with Crippen molar-refractivity contribution in [2.24, 2.45) is 0 Å². The maximum absolute atomic E-state index is 13.1. The number of nitrogens with zero attached hydrogens (tertiary/aromatic N) is 4. The van der Waals surface area contributed by atoms with Gasteiger partial charge in [0.05, 0.1) is 18.8 Å². The molecule has 0 aliphatic carbocycles.